The summed E-state index contributed by atoms with van der Waals surface area (Å²) in [5, 5.41) is 0.677. The number of rotatable bonds is 3. The number of halogens is 1. The lowest BCUT2D eigenvalue weighted by molar-refractivity contribution is 0.376. The van der Waals surface area contributed by atoms with Gasteiger partial charge in [0.1, 0.15) is 24.0 Å². The van der Waals surface area contributed by atoms with Crippen molar-refractivity contribution in [1.29, 1.82) is 0 Å². The summed E-state index contributed by atoms with van der Waals surface area (Å²) >= 11 is 0. The Hall–Kier alpha value is -1.89. The van der Waals surface area contributed by atoms with Crippen LogP contribution < -0.4 is 10.5 Å². The third-order valence-electron chi connectivity index (χ3n) is 2.02. The van der Waals surface area contributed by atoms with E-state index in [1.807, 2.05) is 0 Å². The van der Waals surface area contributed by atoms with Crippen molar-refractivity contribution >= 4 is 14.9 Å². The van der Waals surface area contributed by atoms with Crippen LogP contribution in [0, 0.1) is 5.82 Å². The normalized spacial score (nSPS) is 17.5. The van der Waals surface area contributed by atoms with Crippen LogP contribution in [0.25, 0.3) is 0 Å². The van der Waals surface area contributed by atoms with Crippen LogP contribution in [-0.4, -0.2) is 20.1 Å². The van der Waals surface area contributed by atoms with Crippen molar-refractivity contribution in [1.82, 2.24) is 0 Å². The van der Waals surface area contributed by atoms with E-state index in [0.717, 1.165) is 11.5 Å². The van der Waals surface area contributed by atoms with Gasteiger partial charge in [0.05, 0.1) is 5.41 Å². The van der Waals surface area contributed by atoms with Crippen LogP contribution in [0.3, 0.4) is 0 Å². The van der Waals surface area contributed by atoms with Crippen molar-refractivity contribution in [2.24, 2.45) is 10.7 Å². The van der Waals surface area contributed by atoms with Gasteiger partial charge in [0.25, 0.3) is 0 Å². The van der Waals surface area contributed by atoms with Gasteiger partial charge in [-0.25, -0.2) is 17.8 Å². The van der Waals surface area contributed by atoms with Crippen molar-refractivity contribution in [2.45, 2.75) is 0 Å². The molecule has 0 aliphatic carbocycles. The standard InChI is InChI=1S/C10H9FN2O3S/c11-7-2-1-3-8(4-7)16-5-10-13-9(12)6-17(10,14)15/h1-4,6H,5,12H2. The van der Waals surface area contributed by atoms with Gasteiger partial charge in [0, 0.05) is 6.07 Å². The average molecular weight is 256 g/mol. The summed E-state index contributed by atoms with van der Waals surface area (Å²) in [6, 6.07) is 5.39. The lowest BCUT2D eigenvalue weighted by Gasteiger charge is -2.05. The first-order valence-corrected chi connectivity index (χ1v) is 6.20. The smallest absolute Gasteiger partial charge is 0.220 e. The number of sulfone groups is 1. The van der Waals surface area contributed by atoms with E-state index in [9.17, 15) is 12.8 Å². The molecule has 0 saturated heterocycles. The van der Waals surface area contributed by atoms with E-state index in [-0.39, 0.29) is 23.2 Å². The second-order valence-electron chi connectivity index (χ2n) is 3.34. The quantitative estimate of drug-likeness (QED) is 0.866. The molecular formula is C10H9FN2O3S. The highest BCUT2D eigenvalue weighted by Gasteiger charge is 2.24. The van der Waals surface area contributed by atoms with E-state index in [2.05, 4.69) is 4.99 Å². The molecule has 7 heteroatoms. The highest BCUT2D eigenvalue weighted by atomic mass is 32.2. The zero-order valence-corrected chi connectivity index (χ0v) is 9.45. The molecule has 0 spiro atoms. The predicted molar refractivity (Wildman–Crippen MR) is 60.5 cm³/mol. The molecule has 1 aliphatic rings. The summed E-state index contributed by atoms with van der Waals surface area (Å²) in [7, 11) is -3.57. The van der Waals surface area contributed by atoms with Crippen molar-refractivity contribution in [3.63, 3.8) is 0 Å². The summed E-state index contributed by atoms with van der Waals surface area (Å²) in [6.45, 7) is -0.275. The van der Waals surface area contributed by atoms with E-state index < -0.39 is 15.7 Å². The van der Waals surface area contributed by atoms with Crippen LogP contribution in [0.5, 0.6) is 5.75 Å². The van der Waals surface area contributed by atoms with E-state index in [0.29, 0.717) is 0 Å². The predicted octanol–water partition coefficient (Wildman–Crippen LogP) is 0.789. The first kappa shape index (κ1) is 11.6. The molecule has 2 N–H and O–H groups in total. The molecule has 5 nitrogen and oxygen atoms in total. The SMILES string of the molecule is NC1=CS(=O)(=O)C(COc2cccc(F)c2)=N1. The molecule has 1 aliphatic heterocycles. The molecule has 1 aromatic rings. The summed E-state index contributed by atoms with van der Waals surface area (Å²) in [4.78, 5) is 3.63. The van der Waals surface area contributed by atoms with Crippen molar-refractivity contribution in [3.05, 3.63) is 41.3 Å². The Morgan fingerprint density at radius 1 is 1.41 bits per heavy atom. The Bertz CT molecular complexity index is 608. The topological polar surface area (TPSA) is 81.8 Å². The molecule has 0 radical (unpaired) electrons. The van der Waals surface area contributed by atoms with Crippen LogP contribution in [0.1, 0.15) is 0 Å². The molecule has 0 unspecified atom stereocenters. The van der Waals surface area contributed by atoms with Gasteiger partial charge >= 0.3 is 0 Å². The van der Waals surface area contributed by atoms with Gasteiger partial charge in [-0.2, -0.15) is 0 Å². The van der Waals surface area contributed by atoms with E-state index >= 15 is 0 Å². The maximum absolute atomic E-state index is 12.8. The highest BCUT2D eigenvalue weighted by molar-refractivity contribution is 8.09. The molecule has 2 rings (SSSR count). The summed E-state index contributed by atoms with van der Waals surface area (Å²) in [5.41, 5.74) is 5.27. The van der Waals surface area contributed by atoms with Crippen molar-refractivity contribution in [3.8, 4) is 5.75 Å². The fraction of sp³-hybridized carbons (Fsp3) is 0.100. The zero-order valence-electron chi connectivity index (χ0n) is 8.63. The van der Waals surface area contributed by atoms with Crippen molar-refractivity contribution in [2.75, 3.05) is 6.61 Å². The van der Waals surface area contributed by atoms with Gasteiger partial charge < -0.3 is 10.5 Å². The molecule has 0 fully saturated rings. The number of ether oxygens (including phenoxy) is 1. The fourth-order valence-corrected chi connectivity index (χ4v) is 2.24. The first-order chi connectivity index (χ1) is 7.97. The third kappa shape index (κ3) is 2.62. The minimum Gasteiger partial charge on any atom is -0.486 e. The lowest BCUT2D eigenvalue weighted by Crippen LogP contribution is -2.17. The van der Waals surface area contributed by atoms with Crippen molar-refractivity contribution < 1.29 is 17.5 Å². The number of nitrogens with zero attached hydrogens (tertiary/aromatic N) is 1. The second-order valence-corrected chi connectivity index (χ2v) is 5.14. The minimum atomic E-state index is -3.57. The lowest BCUT2D eigenvalue weighted by atomic mass is 10.3. The van der Waals surface area contributed by atoms with E-state index in [4.69, 9.17) is 10.5 Å². The molecule has 1 aromatic carbocycles. The van der Waals surface area contributed by atoms with Gasteiger partial charge in [-0.15, -0.1) is 0 Å². The van der Waals surface area contributed by atoms with Gasteiger partial charge in [-0.3, -0.25) is 0 Å². The highest BCUT2D eigenvalue weighted by Crippen LogP contribution is 2.15. The van der Waals surface area contributed by atoms with Crippen LogP contribution in [-0.2, 0) is 9.84 Å². The summed E-state index contributed by atoms with van der Waals surface area (Å²) in [6.07, 6.45) is 0. The number of hydrogen-bond acceptors (Lipinski definition) is 5. The molecule has 0 atom stereocenters. The Kier molecular flexibility index (Phi) is 2.84. The second kappa shape index (κ2) is 4.17. The maximum atomic E-state index is 12.8. The third-order valence-corrected chi connectivity index (χ3v) is 3.43. The van der Waals surface area contributed by atoms with Gasteiger partial charge in [-0.05, 0) is 12.1 Å². The Balaban J connectivity index is 2.08. The molecule has 0 bridgehead atoms. The van der Waals surface area contributed by atoms with Crippen LogP contribution in [0.2, 0.25) is 0 Å². The fourth-order valence-electron chi connectivity index (χ4n) is 1.28. The van der Waals surface area contributed by atoms with Gasteiger partial charge in [0.2, 0.25) is 9.84 Å². The number of nitrogens with two attached hydrogens (primary N) is 1. The number of benzene rings is 1. The Morgan fingerprint density at radius 3 is 2.76 bits per heavy atom. The van der Waals surface area contributed by atoms with Crippen LogP contribution in [0.15, 0.2) is 40.5 Å². The molecular weight excluding hydrogens is 247 g/mol. The Morgan fingerprint density at radius 2 is 2.18 bits per heavy atom. The first-order valence-electron chi connectivity index (χ1n) is 4.65. The molecule has 1 heterocycles. The minimum absolute atomic E-state index is 0.0807. The molecule has 90 valence electrons. The number of hydrogen-bond donors (Lipinski definition) is 1. The van der Waals surface area contributed by atoms with Gasteiger partial charge in [0.15, 0.2) is 5.04 Å². The van der Waals surface area contributed by atoms with Crippen LogP contribution >= 0.6 is 0 Å². The summed E-state index contributed by atoms with van der Waals surface area (Å²) < 4.78 is 40.8. The number of aliphatic imine (C=N–C) groups is 1. The largest absolute Gasteiger partial charge is 0.486 e. The summed E-state index contributed by atoms with van der Waals surface area (Å²) in [5.74, 6) is -0.312. The monoisotopic (exact) mass is 256 g/mol. The maximum Gasteiger partial charge on any atom is 0.220 e. The van der Waals surface area contributed by atoms with Crippen LogP contribution in [0.4, 0.5) is 4.39 Å². The van der Waals surface area contributed by atoms with Gasteiger partial charge in [-0.1, -0.05) is 6.07 Å². The zero-order chi connectivity index (χ0) is 12.5. The van der Waals surface area contributed by atoms with E-state index in [1.54, 1.807) is 0 Å². The molecule has 0 aromatic heterocycles. The molecule has 17 heavy (non-hydrogen) atoms. The molecule has 0 saturated carbocycles. The Labute approximate surface area is 97.3 Å². The average Bonchev–Trinajstić information content (AvgIpc) is 2.48. The molecule has 0 amide bonds. The van der Waals surface area contributed by atoms with E-state index in [1.165, 1.54) is 18.2 Å².